The molecule has 0 spiro atoms. The van der Waals surface area contributed by atoms with Crippen molar-refractivity contribution >= 4 is 10.0 Å². The summed E-state index contributed by atoms with van der Waals surface area (Å²) in [6, 6.07) is 0.151. The smallest absolute Gasteiger partial charge is 0.211 e. The quantitative estimate of drug-likeness (QED) is 0.640. The molecule has 0 aromatic heterocycles. The van der Waals surface area contributed by atoms with Crippen molar-refractivity contribution in [3.63, 3.8) is 0 Å². The molecule has 0 saturated heterocycles. The van der Waals surface area contributed by atoms with Crippen LogP contribution in [0.3, 0.4) is 0 Å². The highest BCUT2D eigenvalue weighted by Gasteiger charge is 2.32. The predicted octanol–water partition coefficient (Wildman–Crippen LogP) is 2.12. The number of hydrogen-bond acceptors (Lipinski definition) is 3. The van der Waals surface area contributed by atoms with Gasteiger partial charge in [-0.15, -0.1) is 0 Å². The second kappa shape index (κ2) is 8.22. The Kier molecular flexibility index (Phi) is 7.32. The van der Waals surface area contributed by atoms with Gasteiger partial charge in [0.15, 0.2) is 0 Å². The molecule has 114 valence electrons. The molecule has 1 aliphatic carbocycles. The summed E-state index contributed by atoms with van der Waals surface area (Å²) in [5, 5.41) is 3.29. The van der Waals surface area contributed by atoms with E-state index in [4.69, 9.17) is 0 Å². The summed E-state index contributed by atoms with van der Waals surface area (Å²) in [5.41, 5.74) is 0. The lowest BCUT2D eigenvalue weighted by Crippen LogP contribution is -2.38. The maximum Gasteiger partial charge on any atom is 0.211 e. The van der Waals surface area contributed by atoms with Crippen LogP contribution in [0.1, 0.15) is 52.9 Å². The fraction of sp³-hybridized carbons (Fsp3) is 1.00. The lowest BCUT2D eigenvalue weighted by molar-refractivity contribution is 0.402. The molecule has 0 amide bonds. The Morgan fingerprint density at radius 2 is 1.84 bits per heavy atom. The highest BCUT2D eigenvalue weighted by atomic mass is 32.2. The monoisotopic (exact) mass is 290 g/mol. The van der Waals surface area contributed by atoms with E-state index in [0.29, 0.717) is 11.8 Å². The molecule has 1 fully saturated rings. The zero-order valence-corrected chi connectivity index (χ0v) is 13.4. The first-order valence-electron chi connectivity index (χ1n) is 7.67. The van der Waals surface area contributed by atoms with E-state index in [1.807, 2.05) is 0 Å². The summed E-state index contributed by atoms with van der Waals surface area (Å²) in [7, 11) is -3.09. The second-order valence-corrected chi connectivity index (χ2v) is 7.79. The van der Waals surface area contributed by atoms with Crippen molar-refractivity contribution in [3.8, 4) is 0 Å². The highest BCUT2D eigenvalue weighted by Crippen LogP contribution is 2.31. The van der Waals surface area contributed by atoms with Crippen molar-refractivity contribution in [2.45, 2.75) is 58.9 Å². The van der Waals surface area contributed by atoms with Crippen LogP contribution in [0.4, 0.5) is 0 Å². The molecule has 0 radical (unpaired) electrons. The maximum atomic E-state index is 12.0. The van der Waals surface area contributed by atoms with Crippen LogP contribution in [0.2, 0.25) is 0 Å². The van der Waals surface area contributed by atoms with Crippen LogP contribution in [0.15, 0.2) is 0 Å². The normalized spacial score (nSPS) is 27.8. The topological polar surface area (TPSA) is 58.2 Å². The molecule has 4 nitrogen and oxygen atoms in total. The largest absolute Gasteiger partial charge is 0.317 e. The number of hydrogen-bond donors (Lipinski definition) is 2. The summed E-state index contributed by atoms with van der Waals surface area (Å²) in [6.45, 7) is 8.42. The molecule has 5 heteroatoms. The van der Waals surface area contributed by atoms with Crippen LogP contribution in [0.25, 0.3) is 0 Å². The zero-order chi connectivity index (χ0) is 14.3. The van der Waals surface area contributed by atoms with E-state index in [1.165, 1.54) is 0 Å². The molecule has 19 heavy (non-hydrogen) atoms. The molecule has 3 unspecified atom stereocenters. The average Bonchev–Trinajstić information content (AvgIpc) is 2.65. The second-order valence-electron chi connectivity index (χ2n) is 5.91. The first-order chi connectivity index (χ1) is 8.96. The maximum absolute atomic E-state index is 12.0. The summed E-state index contributed by atoms with van der Waals surface area (Å²) in [4.78, 5) is 0. The molecule has 0 aromatic rings. The van der Waals surface area contributed by atoms with Crippen molar-refractivity contribution in [2.24, 2.45) is 11.8 Å². The third-order valence-electron chi connectivity index (χ3n) is 4.24. The zero-order valence-electron chi connectivity index (χ0n) is 12.6. The Bertz CT molecular complexity index is 343. The molecule has 1 saturated carbocycles. The van der Waals surface area contributed by atoms with Gasteiger partial charge in [-0.25, -0.2) is 13.1 Å². The van der Waals surface area contributed by atoms with Crippen molar-refractivity contribution in [1.29, 1.82) is 0 Å². The molecule has 0 aliphatic heterocycles. The number of rotatable bonds is 9. The van der Waals surface area contributed by atoms with Gasteiger partial charge in [0.2, 0.25) is 10.0 Å². The van der Waals surface area contributed by atoms with E-state index >= 15 is 0 Å². The minimum atomic E-state index is -3.09. The average molecular weight is 290 g/mol. The van der Waals surface area contributed by atoms with E-state index < -0.39 is 10.0 Å². The Hall–Kier alpha value is -0.130. The highest BCUT2D eigenvalue weighted by molar-refractivity contribution is 7.89. The summed E-state index contributed by atoms with van der Waals surface area (Å²) in [6.07, 6.45) is 4.91. The fourth-order valence-corrected chi connectivity index (χ4v) is 4.16. The van der Waals surface area contributed by atoms with Gasteiger partial charge < -0.3 is 5.32 Å². The first-order valence-corrected chi connectivity index (χ1v) is 9.32. The van der Waals surface area contributed by atoms with Crippen molar-refractivity contribution in [3.05, 3.63) is 0 Å². The Labute approximate surface area is 118 Å². The first kappa shape index (κ1) is 16.9. The van der Waals surface area contributed by atoms with Gasteiger partial charge in [0.05, 0.1) is 5.75 Å². The SMILES string of the molecule is CCCNCCCCS(=O)(=O)NC1CCC(C)C1C. The van der Waals surface area contributed by atoms with E-state index in [0.717, 1.165) is 45.2 Å². The standard InChI is InChI=1S/C14H30N2O2S/c1-4-9-15-10-5-6-11-19(17,18)16-14-8-7-12(2)13(14)3/h12-16H,4-11H2,1-3H3. The van der Waals surface area contributed by atoms with Gasteiger partial charge in [0, 0.05) is 6.04 Å². The van der Waals surface area contributed by atoms with Crippen LogP contribution in [-0.4, -0.2) is 33.3 Å². The van der Waals surface area contributed by atoms with Gasteiger partial charge in [0.1, 0.15) is 0 Å². The molecular formula is C14H30N2O2S. The number of sulfonamides is 1. The van der Waals surface area contributed by atoms with Gasteiger partial charge in [-0.2, -0.15) is 0 Å². The number of nitrogens with one attached hydrogen (secondary N) is 2. The minimum Gasteiger partial charge on any atom is -0.317 e. The van der Waals surface area contributed by atoms with Crippen molar-refractivity contribution in [2.75, 3.05) is 18.8 Å². The van der Waals surface area contributed by atoms with Crippen molar-refractivity contribution < 1.29 is 8.42 Å². The molecule has 1 aliphatic rings. The Balaban J connectivity index is 2.21. The van der Waals surface area contributed by atoms with Gasteiger partial charge >= 0.3 is 0 Å². The Morgan fingerprint density at radius 3 is 2.42 bits per heavy atom. The molecule has 1 rings (SSSR count). The van der Waals surface area contributed by atoms with E-state index in [-0.39, 0.29) is 11.8 Å². The van der Waals surface area contributed by atoms with Crippen LogP contribution < -0.4 is 10.0 Å². The summed E-state index contributed by atoms with van der Waals surface area (Å²) < 4.78 is 26.9. The molecule has 0 bridgehead atoms. The van der Waals surface area contributed by atoms with Crippen LogP contribution in [0.5, 0.6) is 0 Å². The molecule has 3 atom stereocenters. The van der Waals surface area contributed by atoms with E-state index in [1.54, 1.807) is 0 Å². The summed E-state index contributed by atoms with van der Waals surface area (Å²) >= 11 is 0. The number of unbranched alkanes of at least 4 members (excludes halogenated alkanes) is 1. The Morgan fingerprint density at radius 1 is 1.11 bits per heavy atom. The molecule has 0 heterocycles. The lowest BCUT2D eigenvalue weighted by Gasteiger charge is -2.19. The third-order valence-corrected chi connectivity index (χ3v) is 5.73. The third kappa shape index (κ3) is 6.23. The van der Waals surface area contributed by atoms with Crippen LogP contribution >= 0.6 is 0 Å². The van der Waals surface area contributed by atoms with E-state index in [9.17, 15) is 8.42 Å². The van der Waals surface area contributed by atoms with Crippen molar-refractivity contribution in [1.82, 2.24) is 10.0 Å². The predicted molar refractivity (Wildman–Crippen MR) is 80.7 cm³/mol. The molecule has 2 N–H and O–H groups in total. The minimum absolute atomic E-state index is 0.151. The van der Waals surface area contributed by atoms with Gasteiger partial charge in [-0.05, 0) is 57.0 Å². The lowest BCUT2D eigenvalue weighted by atomic mass is 9.98. The summed E-state index contributed by atoms with van der Waals surface area (Å²) in [5.74, 6) is 1.35. The van der Waals surface area contributed by atoms with E-state index in [2.05, 4.69) is 30.8 Å². The fourth-order valence-electron chi connectivity index (χ4n) is 2.66. The van der Waals surface area contributed by atoms with Crippen LogP contribution in [0, 0.1) is 11.8 Å². The van der Waals surface area contributed by atoms with Gasteiger partial charge in [-0.1, -0.05) is 20.8 Å². The molecular weight excluding hydrogens is 260 g/mol. The van der Waals surface area contributed by atoms with Crippen LogP contribution in [-0.2, 0) is 10.0 Å². The van der Waals surface area contributed by atoms with Gasteiger partial charge in [-0.3, -0.25) is 0 Å². The van der Waals surface area contributed by atoms with Gasteiger partial charge in [0.25, 0.3) is 0 Å². The molecule has 0 aromatic carbocycles.